The first-order valence-electron chi connectivity index (χ1n) is 3.55. The lowest BCUT2D eigenvalue weighted by Crippen LogP contribution is -2.37. The van der Waals surface area contributed by atoms with Crippen LogP contribution in [0.5, 0.6) is 0 Å². The summed E-state index contributed by atoms with van der Waals surface area (Å²) in [4.78, 5) is 10.9. The molecule has 0 radical (unpaired) electrons. The molecule has 2 unspecified atom stereocenters. The monoisotopic (exact) mass is 161 g/mol. The molecular formula is C7H15NO3. The molecule has 66 valence electrons. The molecule has 4 heteroatoms. The highest BCUT2D eigenvalue weighted by Gasteiger charge is 2.18. The molecule has 0 spiro atoms. The third kappa shape index (κ3) is 3.95. The normalized spacial score (nSPS) is 15.6. The molecule has 0 rings (SSSR count). The molecule has 0 aromatic heterocycles. The summed E-state index contributed by atoms with van der Waals surface area (Å²) in [5, 5.41) is 11.7. The number of carbonyl (C=O) groups is 1. The number of ether oxygens (including phenoxy) is 1. The predicted molar refractivity (Wildman–Crippen MR) is 41.2 cm³/mol. The topological polar surface area (TPSA) is 58.6 Å². The maximum absolute atomic E-state index is 10.9. The molecule has 0 aromatic carbocycles. The standard InChI is InChI=1S/C7H15NO3/c1-5(9)4-6(8-2)7(10)11-3/h5-6,8-9H,4H2,1-3H3. The van der Waals surface area contributed by atoms with Crippen molar-refractivity contribution >= 4 is 5.97 Å². The summed E-state index contributed by atoms with van der Waals surface area (Å²) in [6, 6.07) is -0.403. The van der Waals surface area contributed by atoms with Gasteiger partial charge in [0.1, 0.15) is 6.04 Å². The Morgan fingerprint density at radius 2 is 2.27 bits per heavy atom. The average Bonchev–Trinajstić information content (AvgIpc) is 1.98. The third-order valence-corrected chi connectivity index (χ3v) is 1.41. The van der Waals surface area contributed by atoms with Crippen molar-refractivity contribution in [3.63, 3.8) is 0 Å². The maximum atomic E-state index is 10.9. The van der Waals surface area contributed by atoms with Crippen molar-refractivity contribution in [2.45, 2.75) is 25.5 Å². The van der Waals surface area contributed by atoms with Crippen molar-refractivity contribution in [3.8, 4) is 0 Å². The van der Waals surface area contributed by atoms with Gasteiger partial charge in [-0.15, -0.1) is 0 Å². The lowest BCUT2D eigenvalue weighted by molar-refractivity contribution is -0.143. The van der Waals surface area contributed by atoms with Crippen molar-refractivity contribution in [1.29, 1.82) is 0 Å². The molecule has 0 fully saturated rings. The lowest BCUT2D eigenvalue weighted by Gasteiger charge is -2.14. The Labute approximate surface area is 66.5 Å². The molecule has 0 saturated carbocycles. The largest absolute Gasteiger partial charge is 0.468 e. The second-order valence-electron chi connectivity index (χ2n) is 2.45. The van der Waals surface area contributed by atoms with Crippen LogP contribution in [0.4, 0.5) is 0 Å². The van der Waals surface area contributed by atoms with E-state index >= 15 is 0 Å². The molecular weight excluding hydrogens is 146 g/mol. The first kappa shape index (κ1) is 10.4. The number of rotatable bonds is 4. The van der Waals surface area contributed by atoms with E-state index in [4.69, 9.17) is 5.11 Å². The van der Waals surface area contributed by atoms with Crippen LogP contribution < -0.4 is 5.32 Å². The second-order valence-corrected chi connectivity index (χ2v) is 2.45. The summed E-state index contributed by atoms with van der Waals surface area (Å²) in [7, 11) is 2.98. The third-order valence-electron chi connectivity index (χ3n) is 1.41. The Hall–Kier alpha value is -0.610. The Balaban J connectivity index is 3.84. The molecule has 0 amide bonds. The Morgan fingerprint density at radius 3 is 2.55 bits per heavy atom. The molecule has 0 saturated heterocycles. The van der Waals surface area contributed by atoms with Gasteiger partial charge in [0, 0.05) is 0 Å². The number of hydrogen-bond acceptors (Lipinski definition) is 4. The Bertz CT molecular complexity index is 125. The number of carbonyl (C=O) groups excluding carboxylic acids is 1. The number of aliphatic hydroxyl groups is 1. The van der Waals surface area contributed by atoms with E-state index in [2.05, 4.69) is 10.1 Å². The molecule has 0 aliphatic rings. The molecule has 2 N–H and O–H groups in total. The van der Waals surface area contributed by atoms with Gasteiger partial charge < -0.3 is 15.2 Å². The minimum absolute atomic E-state index is 0.339. The van der Waals surface area contributed by atoms with Gasteiger partial charge in [-0.05, 0) is 20.4 Å². The quantitative estimate of drug-likeness (QED) is 0.547. The molecule has 0 aromatic rings. The van der Waals surface area contributed by atoms with Gasteiger partial charge in [0.25, 0.3) is 0 Å². The summed E-state index contributed by atoms with van der Waals surface area (Å²) in [5.41, 5.74) is 0. The zero-order chi connectivity index (χ0) is 8.85. The Kier molecular flexibility index (Phi) is 4.81. The molecule has 11 heavy (non-hydrogen) atoms. The number of methoxy groups -OCH3 is 1. The van der Waals surface area contributed by atoms with Crippen LogP contribution in [0.15, 0.2) is 0 Å². The van der Waals surface area contributed by atoms with E-state index in [9.17, 15) is 4.79 Å². The van der Waals surface area contributed by atoms with E-state index in [1.54, 1.807) is 14.0 Å². The summed E-state index contributed by atoms with van der Waals surface area (Å²) in [6.45, 7) is 1.63. The van der Waals surface area contributed by atoms with Gasteiger partial charge in [0.05, 0.1) is 13.2 Å². The van der Waals surface area contributed by atoms with Gasteiger partial charge in [0.15, 0.2) is 0 Å². The van der Waals surface area contributed by atoms with E-state index in [-0.39, 0.29) is 5.97 Å². The number of hydrogen-bond donors (Lipinski definition) is 2. The van der Waals surface area contributed by atoms with Crippen LogP contribution in [0.3, 0.4) is 0 Å². The smallest absolute Gasteiger partial charge is 0.322 e. The summed E-state index contributed by atoms with van der Waals surface area (Å²) < 4.78 is 4.49. The van der Waals surface area contributed by atoms with Crippen LogP contribution in [0.1, 0.15) is 13.3 Å². The molecule has 0 aliphatic heterocycles. The van der Waals surface area contributed by atoms with Gasteiger partial charge in [-0.25, -0.2) is 0 Å². The van der Waals surface area contributed by atoms with Gasteiger partial charge in [-0.1, -0.05) is 0 Å². The van der Waals surface area contributed by atoms with E-state index in [1.165, 1.54) is 7.11 Å². The number of aliphatic hydroxyl groups excluding tert-OH is 1. The zero-order valence-corrected chi connectivity index (χ0v) is 7.13. The second kappa shape index (κ2) is 5.09. The van der Waals surface area contributed by atoms with Crippen molar-refractivity contribution in [3.05, 3.63) is 0 Å². The molecule has 0 heterocycles. The van der Waals surface area contributed by atoms with Crippen LogP contribution >= 0.6 is 0 Å². The number of esters is 1. The molecule has 0 aliphatic carbocycles. The number of nitrogens with one attached hydrogen (secondary N) is 1. The van der Waals surface area contributed by atoms with E-state index in [0.717, 1.165) is 0 Å². The van der Waals surface area contributed by atoms with Gasteiger partial charge in [0.2, 0.25) is 0 Å². The fourth-order valence-corrected chi connectivity index (χ4v) is 0.815. The highest BCUT2D eigenvalue weighted by atomic mass is 16.5. The van der Waals surface area contributed by atoms with Crippen LogP contribution in [0.25, 0.3) is 0 Å². The zero-order valence-electron chi connectivity index (χ0n) is 7.13. The minimum Gasteiger partial charge on any atom is -0.468 e. The highest BCUT2D eigenvalue weighted by molar-refractivity contribution is 5.75. The van der Waals surface area contributed by atoms with Crippen molar-refractivity contribution in [2.24, 2.45) is 0 Å². The van der Waals surface area contributed by atoms with Crippen LogP contribution in [0.2, 0.25) is 0 Å². The molecule has 0 bridgehead atoms. The van der Waals surface area contributed by atoms with Gasteiger partial charge in [-0.3, -0.25) is 4.79 Å². The van der Waals surface area contributed by atoms with Gasteiger partial charge >= 0.3 is 5.97 Å². The summed E-state index contributed by atoms with van der Waals surface area (Å²) in [6.07, 6.45) is -0.116. The maximum Gasteiger partial charge on any atom is 0.322 e. The Morgan fingerprint density at radius 1 is 1.73 bits per heavy atom. The highest BCUT2D eigenvalue weighted by Crippen LogP contribution is 1.98. The average molecular weight is 161 g/mol. The SMILES string of the molecule is CNC(CC(C)O)C(=O)OC. The molecule has 2 atom stereocenters. The molecule has 4 nitrogen and oxygen atoms in total. The van der Waals surface area contributed by atoms with E-state index < -0.39 is 12.1 Å². The van der Waals surface area contributed by atoms with E-state index in [0.29, 0.717) is 6.42 Å². The first-order valence-corrected chi connectivity index (χ1v) is 3.55. The predicted octanol–water partition coefficient (Wildman–Crippen LogP) is -0.482. The fourth-order valence-electron chi connectivity index (χ4n) is 0.815. The fraction of sp³-hybridized carbons (Fsp3) is 0.857. The summed E-state index contributed by atoms with van der Waals surface area (Å²) >= 11 is 0. The van der Waals surface area contributed by atoms with Crippen molar-refractivity contribution < 1.29 is 14.6 Å². The minimum atomic E-state index is -0.494. The first-order chi connectivity index (χ1) is 5.11. The van der Waals surface area contributed by atoms with Crippen LogP contribution in [0, 0.1) is 0 Å². The van der Waals surface area contributed by atoms with Crippen LogP contribution in [-0.4, -0.2) is 37.4 Å². The van der Waals surface area contributed by atoms with Crippen LogP contribution in [-0.2, 0) is 9.53 Å². The van der Waals surface area contributed by atoms with Crippen molar-refractivity contribution in [2.75, 3.05) is 14.2 Å². The summed E-state index contributed by atoms with van der Waals surface area (Å²) in [5.74, 6) is -0.339. The number of likely N-dealkylation sites (N-methyl/N-ethyl adjacent to an activating group) is 1. The van der Waals surface area contributed by atoms with E-state index in [1.807, 2.05) is 0 Å². The van der Waals surface area contributed by atoms with Gasteiger partial charge in [-0.2, -0.15) is 0 Å². The van der Waals surface area contributed by atoms with Crippen molar-refractivity contribution in [1.82, 2.24) is 5.32 Å². The lowest BCUT2D eigenvalue weighted by atomic mass is 10.1.